The van der Waals surface area contributed by atoms with E-state index in [0.717, 1.165) is 11.5 Å². The molecular formula is C13H14N4O. The van der Waals surface area contributed by atoms with Crippen molar-refractivity contribution in [2.45, 2.75) is 12.5 Å². The molecule has 0 saturated carbocycles. The smallest absolute Gasteiger partial charge is 0.229 e. The summed E-state index contributed by atoms with van der Waals surface area (Å²) in [4.78, 5) is 13.6. The maximum atomic E-state index is 11.9. The Bertz CT molecular complexity index is 563. The Hall–Kier alpha value is -2.14. The number of rotatable bonds is 2. The maximum absolute atomic E-state index is 11.9. The van der Waals surface area contributed by atoms with Gasteiger partial charge in [-0.25, -0.2) is 4.68 Å². The quantitative estimate of drug-likeness (QED) is 0.852. The van der Waals surface area contributed by atoms with E-state index in [4.69, 9.17) is 5.73 Å². The van der Waals surface area contributed by atoms with Crippen LogP contribution in [0.2, 0.25) is 0 Å². The van der Waals surface area contributed by atoms with Crippen molar-refractivity contribution >= 4 is 11.7 Å². The van der Waals surface area contributed by atoms with Crippen molar-refractivity contribution in [2.24, 2.45) is 5.73 Å². The monoisotopic (exact) mass is 242 g/mol. The van der Waals surface area contributed by atoms with Crippen molar-refractivity contribution in [1.82, 2.24) is 9.78 Å². The molecule has 2 N–H and O–H groups in total. The minimum Gasteiger partial charge on any atom is -0.326 e. The predicted octanol–water partition coefficient (Wildman–Crippen LogP) is 0.936. The average Bonchev–Trinajstić information content (AvgIpc) is 2.96. The Morgan fingerprint density at radius 2 is 2.00 bits per heavy atom. The summed E-state index contributed by atoms with van der Waals surface area (Å²) < 4.78 is 1.76. The van der Waals surface area contributed by atoms with E-state index in [-0.39, 0.29) is 11.9 Å². The van der Waals surface area contributed by atoms with Gasteiger partial charge in [-0.3, -0.25) is 9.69 Å². The minimum absolute atomic E-state index is 0.0557. The molecule has 0 radical (unpaired) electrons. The molecule has 1 atom stereocenters. The first-order valence-electron chi connectivity index (χ1n) is 5.91. The van der Waals surface area contributed by atoms with Gasteiger partial charge >= 0.3 is 0 Å². The molecule has 2 aromatic rings. The van der Waals surface area contributed by atoms with Gasteiger partial charge in [0, 0.05) is 25.1 Å². The maximum Gasteiger partial charge on any atom is 0.229 e. The van der Waals surface area contributed by atoms with E-state index in [1.807, 2.05) is 36.4 Å². The summed E-state index contributed by atoms with van der Waals surface area (Å²) >= 11 is 0. The second-order valence-electron chi connectivity index (χ2n) is 4.41. The zero-order valence-electron chi connectivity index (χ0n) is 9.86. The molecule has 1 amide bonds. The lowest BCUT2D eigenvalue weighted by Gasteiger charge is -2.17. The highest BCUT2D eigenvalue weighted by Crippen LogP contribution is 2.23. The largest absolute Gasteiger partial charge is 0.326 e. The van der Waals surface area contributed by atoms with Gasteiger partial charge in [-0.1, -0.05) is 18.2 Å². The molecule has 1 fully saturated rings. The molecule has 92 valence electrons. The van der Waals surface area contributed by atoms with Crippen LogP contribution >= 0.6 is 0 Å². The number of carbonyl (C=O) groups is 1. The number of benzene rings is 1. The van der Waals surface area contributed by atoms with E-state index in [1.54, 1.807) is 15.8 Å². The molecule has 1 saturated heterocycles. The SMILES string of the molecule is NC1CC(=O)N(c2ccnn2-c2ccccc2)C1. The molecule has 5 heteroatoms. The van der Waals surface area contributed by atoms with E-state index in [9.17, 15) is 4.79 Å². The predicted molar refractivity (Wildman–Crippen MR) is 68.5 cm³/mol. The Morgan fingerprint density at radius 3 is 2.67 bits per heavy atom. The third kappa shape index (κ3) is 1.78. The van der Waals surface area contributed by atoms with Gasteiger partial charge in [-0.05, 0) is 12.1 Å². The molecule has 2 heterocycles. The Labute approximate surface area is 105 Å². The first-order valence-corrected chi connectivity index (χ1v) is 5.91. The zero-order chi connectivity index (χ0) is 12.5. The molecule has 5 nitrogen and oxygen atoms in total. The van der Waals surface area contributed by atoms with Gasteiger partial charge in [0.2, 0.25) is 5.91 Å². The van der Waals surface area contributed by atoms with Crippen LogP contribution in [0.5, 0.6) is 0 Å². The summed E-state index contributed by atoms with van der Waals surface area (Å²) in [6, 6.07) is 11.5. The van der Waals surface area contributed by atoms with Crippen molar-refractivity contribution < 1.29 is 4.79 Å². The molecule has 1 unspecified atom stereocenters. The van der Waals surface area contributed by atoms with E-state index in [0.29, 0.717) is 13.0 Å². The van der Waals surface area contributed by atoms with Crippen LogP contribution in [-0.4, -0.2) is 28.3 Å². The molecule has 1 aromatic carbocycles. The van der Waals surface area contributed by atoms with Crippen molar-refractivity contribution in [2.75, 3.05) is 11.4 Å². The molecule has 0 aliphatic carbocycles. The van der Waals surface area contributed by atoms with Crippen molar-refractivity contribution in [1.29, 1.82) is 0 Å². The number of nitrogens with zero attached hydrogens (tertiary/aromatic N) is 3. The van der Waals surface area contributed by atoms with Gasteiger partial charge in [0.15, 0.2) is 0 Å². The van der Waals surface area contributed by atoms with Crippen LogP contribution in [0, 0.1) is 0 Å². The summed E-state index contributed by atoms with van der Waals surface area (Å²) in [5, 5.41) is 4.27. The average molecular weight is 242 g/mol. The van der Waals surface area contributed by atoms with Crippen LogP contribution in [0.4, 0.5) is 5.82 Å². The van der Waals surface area contributed by atoms with Crippen LogP contribution in [0.25, 0.3) is 5.69 Å². The summed E-state index contributed by atoms with van der Waals surface area (Å²) in [6.07, 6.45) is 2.10. The van der Waals surface area contributed by atoms with Crippen molar-refractivity contribution in [3.05, 3.63) is 42.6 Å². The van der Waals surface area contributed by atoms with Crippen LogP contribution in [0.15, 0.2) is 42.6 Å². The van der Waals surface area contributed by atoms with Gasteiger partial charge in [-0.15, -0.1) is 0 Å². The third-order valence-electron chi connectivity index (χ3n) is 3.06. The minimum atomic E-state index is -0.0865. The molecule has 0 spiro atoms. The van der Waals surface area contributed by atoms with E-state index in [1.165, 1.54) is 0 Å². The van der Waals surface area contributed by atoms with Gasteiger partial charge in [0.1, 0.15) is 5.82 Å². The fourth-order valence-electron chi connectivity index (χ4n) is 2.23. The molecule has 1 aliphatic heterocycles. The summed E-state index contributed by atoms with van der Waals surface area (Å²) in [5.74, 6) is 0.833. The Kier molecular flexibility index (Phi) is 2.60. The summed E-state index contributed by atoms with van der Waals surface area (Å²) in [5.41, 5.74) is 6.75. The van der Waals surface area contributed by atoms with Crippen molar-refractivity contribution in [3.63, 3.8) is 0 Å². The van der Waals surface area contributed by atoms with Gasteiger partial charge in [0.05, 0.1) is 11.9 Å². The number of carbonyl (C=O) groups excluding carboxylic acids is 1. The number of hydrogen-bond acceptors (Lipinski definition) is 3. The summed E-state index contributed by atoms with van der Waals surface area (Å²) in [6.45, 7) is 0.553. The van der Waals surface area contributed by atoms with Crippen LogP contribution in [0.3, 0.4) is 0 Å². The van der Waals surface area contributed by atoms with E-state index < -0.39 is 0 Å². The lowest BCUT2D eigenvalue weighted by molar-refractivity contribution is -0.117. The van der Waals surface area contributed by atoms with Gasteiger partial charge in [-0.2, -0.15) is 5.10 Å². The molecular weight excluding hydrogens is 228 g/mol. The normalized spacial score (nSPS) is 19.5. The molecule has 3 rings (SSSR count). The number of para-hydroxylation sites is 1. The van der Waals surface area contributed by atoms with Crippen LogP contribution < -0.4 is 10.6 Å². The highest BCUT2D eigenvalue weighted by molar-refractivity contribution is 5.95. The first-order chi connectivity index (χ1) is 8.75. The lowest BCUT2D eigenvalue weighted by Crippen LogP contribution is -2.29. The fourth-order valence-corrected chi connectivity index (χ4v) is 2.23. The number of amides is 1. The lowest BCUT2D eigenvalue weighted by atomic mass is 10.3. The standard InChI is InChI=1S/C13H14N4O/c14-10-8-13(18)16(9-10)12-6-7-15-17(12)11-4-2-1-3-5-11/h1-7,10H,8-9,14H2. The second-order valence-corrected chi connectivity index (χ2v) is 4.41. The first kappa shape index (κ1) is 11.0. The van der Waals surface area contributed by atoms with Gasteiger partial charge < -0.3 is 5.73 Å². The van der Waals surface area contributed by atoms with Crippen LogP contribution in [-0.2, 0) is 4.79 Å². The number of aromatic nitrogens is 2. The zero-order valence-corrected chi connectivity index (χ0v) is 9.86. The molecule has 1 aliphatic rings. The van der Waals surface area contributed by atoms with E-state index >= 15 is 0 Å². The Morgan fingerprint density at radius 1 is 1.22 bits per heavy atom. The van der Waals surface area contributed by atoms with E-state index in [2.05, 4.69) is 5.10 Å². The number of nitrogens with two attached hydrogens (primary N) is 1. The Balaban J connectivity index is 2.00. The number of anilines is 1. The third-order valence-corrected chi connectivity index (χ3v) is 3.06. The molecule has 1 aromatic heterocycles. The highest BCUT2D eigenvalue weighted by Gasteiger charge is 2.30. The number of hydrogen-bond donors (Lipinski definition) is 1. The topological polar surface area (TPSA) is 64.2 Å². The molecule has 18 heavy (non-hydrogen) atoms. The molecule has 0 bridgehead atoms. The van der Waals surface area contributed by atoms with Gasteiger partial charge in [0.25, 0.3) is 0 Å². The summed E-state index contributed by atoms with van der Waals surface area (Å²) in [7, 11) is 0. The van der Waals surface area contributed by atoms with Crippen LogP contribution in [0.1, 0.15) is 6.42 Å². The highest BCUT2D eigenvalue weighted by atomic mass is 16.2. The fraction of sp³-hybridized carbons (Fsp3) is 0.231. The van der Waals surface area contributed by atoms with Crippen molar-refractivity contribution in [3.8, 4) is 5.69 Å². The second kappa shape index (κ2) is 4.27.